The van der Waals surface area contributed by atoms with Crippen LogP contribution < -0.4 is 5.84 Å². The molecule has 0 rings (SSSR count). The minimum absolute atomic E-state index is 0.0288. The quantitative estimate of drug-likeness (QED) is 0.439. The van der Waals surface area contributed by atoms with Crippen LogP contribution in [-0.2, 0) is 0 Å². The third-order valence-electron chi connectivity index (χ3n) is 1.77. The van der Waals surface area contributed by atoms with Crippen molar-refractivity contribution in [2.75, 3.05) is 0 Å². The SMILES string of the molecule is CCC(/C=N\N(N)C(C)C)C(F)(F)F. The molecule has 0 aromatic carbocycles. The van der Waals surface area contributed by atoms with Gasteiger partial charge in [-0.25, -0.2) is 11.0 Å². The second-order valence-corrected chi connectivity index (χ2v) is 3.29. The second kappa shape index (κ2) is 5.19. The maximum Gasteiger partial charge on any atom is 0.396 e. The third-order valence-corrected chi connectivity index (χ3v) is 1.77. The first-order valence-corrected chi connectivity index (χ1v) is 4.43. The summed E-state index contributed by atoms with van der Waals surface area (Å²) in [7, 11) is 0. The van der Waals surface area contributed by atoms with E-state index < -0.39 is 12.1 Å². The molecule has 0 amide bonds. The molecule has 6 heteroatoms. The Bertz CT molecular complexity index is 189. The Kier molecular flexibility index (Phi) is 4.90. The van der Waals surface area contributed by atoms with Gasteiger partial charge in [-0.1, -0.05) is 6.92 Å². The second-order valence-electron chi connectivity index (χ2n) is 3.29. The number of rotatable bonds is 4. The summed E-state index contributed by atoms with van der Waals surface area (Å²) in [4.78, 5) is 0. The molecule has 1 unspecified atom stereocenters. The number of hydrogen-bond acceptors (Lipinski definition) is 3. The van der Waals surface area contributed by atoms with Crippen LogP contribution in [0.15, 0.2) is 5.10 Å². The molecule has 0 aliphatic carbocycles. The van der Waals surface area contributed by atoms with E-state index in [0.29, 0.717) is 0 Å². The normalized spacial score (nSPS) is 15.1. The van der Waals surface area contributed by atoms with Crippen LogP contribution in [0.2, 0.25) is 0 Å². The fourth-order valence-corrected chi connectivity index (χ4v) is 0.712. The molecule has 0 saturated heterocycles. The lowest BCUT2D eigenvalue weighted by Gasteiger charge is -2.18. The Morgan fingerprint density at radius 2 is 1.93 bits per heavy atom. The van der Waals surface area contributed by atoms with Crippen LogP contribution in [0.3, 0.4) is 0 Å². The summed E-state index contributed by atoms with van der Waals surface area (Å²) in [5.41, 5.74) is 0. The fourth-order valence-electron chi connectivity index (χ4n) is 0.712. The molecule has 84 valence electrons. The molecule has 0 aliphatic heterocycles. The highest BCUT2D eigenvalue weighted by Crippen LogP contribution is 2.27. The maximum absolute atomic E-state index is 12.2. The summed E-state index contributed by atoms with van der Waals surface area (Å²) in [6.07, 6.45) is -3.42. The number of alkyl halides is 3. The molecular formula is C8H16F3N3. The van der Waals surface area contributed by atoms with Crippen LogP contribution >= 0.6 is 0 Å². The first-order valence-electron chi connectivity index (χ1n) is 4.43. The zero-order chi connectivity index (χ0) is 11.4. The monoisotopic (exact) mass is 211 g/mol. The van der Waals surface area contributed by atoms with Gasteiger partial charge in [-0.2, -0.15) is 18.3 Å². The molecule has 14 heavy (non-hydrogen) atoms. The van der Waals surface area contributed by atoms with Crippen LogP contribution in [0, 0.1) is 5.92 Å². The van der Waals surface area contributed by atoms with E-state index >= 15 is 0 Å². The van der Waals surface area contributed by atoms with Gasteiger partial charge in [0, 0.05) is 6.21 Å². The first kappa shape index (κ1) is 13.2. The summed E-state index contributed by atoms with van der Waals surface area (Å²) in [5.74, 6) is 3.81. The van der Waals surface area contributed by atoms with E-state index in [0.717, 1.165) is 11.3 Å². The highest BCUT2D eigenvalue weighted by atomic mass is 19.4. The van der Waals surface area contributed by atoms with Gasteiger partial charge in [-0.3, -0.25) is 0 Å². The third kappa shape index (κ3) is 4.45. The molecule has 1 atom stereocenters. The topological polar surface area (TPSA) is 41.6 Å². The summed E-state index contributed by atoms with van der Waals surface area (Å²) < 4.78 is 36.7. The predicted molar refractivity (Wildman–Crippen MR) is 49.5 cm³/mol. The molecule has 2 N–H and O–H groups in total. The molecule has 0 heterocycles. The van der Waals surface area contributed by atoms with Gasteiger partial charge in [0.1, 0.15) is 0 Å². The van der Waals surface area contributed by atoms with Crippen LogP contribution in [0.25, 0.3) is 0 Å². The lowest BCUT2D eigenvalue weighted by atomic mass is 10.1. The molecule has 0 spiro atoms. The number of hydrazine groups is 1. The van der Waals surface area contributed by atoms with Gasteiger partial charge < -0.3 is 0 Å². The van der Waals surface area contributed by atoms with Crippen molar-refractivity contribution in [3.63, 3.8) is 0 Å². The van der Waals surface area contributed by atoms with Gasteiger partial charge in [0.05, 0.1) is 12.0 Å². The Balaban J connectivity index is 4.32. The molecule has 0 aromatic heterocycles. The average molecular weight is 211 g/mol. The molecule has 0 aromatic rings. The number of hydrogen-bond donors (Lipinski definition) is 1. The first-order chi connectivity index (χ1) is 6.29. The minimum Gasteiger partial charge on any atom is -0.231 e. The van der Waals surface area contributed by atoms with Gasteiger partial charge in [0.15, 0.2) is 0 Å². The van der Waals surface area contributed by atoms with Crippen molar-refractivity contribution < 1.29 is 13.2 Å². The van der Waals surface area contributed by atoms with Crippen molar-refractivity contribution in [1.29, 1.82) is 0 Å². The van der Waals surface area contributed by atoms with Gasteiger partial charge in [0.2, 0.25) is 0 Å². The molecule has 3 nitrogen and oxygen atoms in total. The largest absolute Gasteiger partial charge is 0.396 e. The Labute approximate surface area is 81.7 Å². The van der Waals surface area contributed by atoms with Crippen molar-refractivity contribution in [2.24, 2.45) is 16.9 Å². The van der Waals surface area contributed by atoms with Crippen molar-refractivity contribution in [2.45, 2.75) is 39.4 Å². The van der Waals surface area contributed by atoms with Crippen LogP contribution in [0.1, 0.15) is 27.2 Å². The lowest BCUT2D eigenvalue weighted by Crippen LogP contribution is -2.33. The predicted octanol–water partition coefficient (Wildman–Crippen LogP) is 2.14. The van der Waals surface area contributed by atoms with Crippen molar-refractivity contribution >= 4 is 6.21 Å². The highest BCUT2D eigenvalue weighted by Gasteiger charge is 2.37. The van der Waals surface area contributed by atoms with E-state index in [-0.39, 0.29) is 12.5 Å². The number of nitrogens with two attached hydrogens (primary N) is 1. The van der Waals surface area contributed by atoms with Crippen molar-refractivity contribution in [3.05, 3.63) is 0 Å². The Morgan fingerprint density at radius 3 is 2.21 bits per heavy atom. The smallest absolute Gasteiger partial charge is 0.231 e. The van der Waals surface area contributed by atoms with E-state index in [4.69, 9.17) is 5.84 Å². The maximum atomic E-state index is 12.2. The summed E-state index contributed by atoms with van der Waals surface area (Å²) in [5, 5.41) is 4.54. The van der Waals surface area contributed by atoms with Gasteiger partial charge in [0.25, 0.3) is 0 Å². The van der Waals surface area contributed by atoms with Crippen LogP contribution in [-0.4, -0.2) is 23.6 Å². The van der Waals surface area contributed by atoms with Crippen LogP contribution in [0.5, 0.6) is 0 Å². The summed E-state index contributed by atoms with van der Waals surface area (Å²) >= 11 is 0. The molecular weight excluding hydrogens is 195 g/mol. The van der Waals surface area contributed by atoms with E-state index in [1.165, 1.54) is 6.92 Å². The lowest BCUT2D eigenvalue weighted by molar-refractivity contribution is -0.154. The Morgan fingerprint density at radius 1 is 1.43 bits per heavy atom. The molecule has 0 aliphatic rings. The van der Waals surface area contributed by atoms with Crippen LogP contribution in [0.4, 0.5) is 13.2 Å². The highest BCUT2D eigenvalue weighted by molar-refractivity contribution is 5.61. The summed E-state index contributed by atoms with van der Waals surface area (Å²) in [6.45, 7) is 4.94. The van der Waals surface area contributed by atoms with Gasteiger partial charge >= 0.3 is 6.18 Å². The van der Waals surface area contributed by atoms with E-state index in [1.807, 2.05) is 0 Å². The van der Waals surface area contributed by atoms with E-state index in [1.54, 1.807) is 13.8 Å². The number of nitrogens with zero attached hydrogens (tertiary/aromatic N) is 2. The van der Waals surface area contributed by atoms with Gasteiger partial charge in [-0.15, -0.1) is 0 Å². The molecule has 0 saturated carbocycles. The summed E-state index contributed by atoms with van der Waals surface area (Å²) in [6, 6.07) is -0.114. The average Bonchev–Trinajstić information content (AvgIpc) is 2.02. The minimum atomic E-state index is -4.24. The molecule has 0 bridgehead atoms. The molecule has 0 fully saturated rings. The number of halogens is 3. The van der Waals surface area contributed by atoms with Gasteiger partial charge in [-0.05, 0) is 20.3 Å². The molecule has 0 radical (unpaired) electrons. The fraction of sp³-hybridized carbons (Fsp3) is 0.875. The standard InChI is InChI=1S/C8H16F3N3/c1-4-7(8(9,10)11)5-13-14(12)6(2)3/h5-7H,4,12H2,1-3H3/b13-5-. The zero-order valence-corrected chi connectivity index (χ0v) is 8.54. The Hall–Kier alpha value is -0.780. The van der Waals surface area contributed by atoms with E-state index in [2.05, 4.69) is 5.10 Å². The number of hydrazone groups is 1. The van der Waals surface area contributed by atoms with Crippen molar-refractivity contribution in [1.82, 2.24) is 5.12 Å². The zero-order valence-electron chi connectivity index (χ0n) is 8.54. The van der Waals surface area contributed by atoms with E-state index in [9.17, 15) is 13.2 Å². The van der Waals surface area contributed by atoms with Crippen molar-refractivity contribution in [3.8, 4) is 0 Å².